The van der Waals surface area contributed by atoms with Crippen LogP contribution >= 0.6 is 11.3 Å². The molecule has 366 valence electrons. The number of hydrogen-bond acceptors (Lipinski definition) is 15. The fraction of sp³-hybridized carbons (Fsp3) is 0.659. The predicted octanol–water partition coefficient (Wildman–Crippen LogP) is 2.31. The molecule has 21 nitrogen and oxygen atoms in total. The van der Waals surface area contributed by atoms with E-state index in [4.69, 9.17) is 0 Å². The maximum Gasteiger partial charge on any atom is 0.293 e. The number of ketones is 1. The fourth-order valence-electron chi connectivity index (χ4n) is 6.96. The van der Waals surface area contributed by atoms with E-state index in [1.54, 1.807) is 18.6 Å². The second-order valence-corrected chi connectivity index (χ2v) is 19.4. The summed E-state index contributed by atoms with van der Waals surface area (Å²) in [6.45, 7) is 7.96. The number of hydrogen-bond donors (Lipinski definition) is 7. The highest BCUT2D eigenvalue weighted by atomic mass is 32.2. The summed E-state index contributed by atoms with van der Waals surface area (Å²) in [5.41, 5.74) is -0.0365. The maximum atomic E-state index is 14.1. The van der Waals surface area contributed by atoms with Gasteiger partial charge in [0.1, 0.15) is 29.9 Å². The van der Waals surface area contributed by atoms with Gasteiger partial charge in [-0.1, -0.05) is 97.3 Å². The van der Waals surface area contributed by atoms with Crippen LogP contribution in [-0.2, 0) is 43.6 Å². The van der Waals surface area contributed by atoms with Crippen LogP contribution in [0.3, 0.4) is 0 Å². The van der Waals surface area contributed by atoms with Crippen molar-refractivity contribution in [2.45, 2.75) is 153 Å². The number of rotatable bonds is 27. The maximum absolute atomic E-state index is 14.1. The second-order valence-electron chi connectivity index (χ2n) is 16.6. The number of carbonyl (C=O) groups is 8. The smallest absolute Gasteiger partial charge is 0.293 e. The molecule has 2 aromatic heterocycles. The van der Waals surface area contributed by atoms with E-state index in [0.29, 0.717) is 37.0 Å². The van der Waals surface area contributed by atoms with Crippen molar-refractivity contribution in [1.29, 1.82) is 0 Å². The van der Waals surface area contributed by atoms with Crippen LogP contribution in [0.4, 0.5) is 13.9 Å². The van der Waals surface area contributed by atoms with E-state index in [0.717, 1.165) is 32.1 Å². The Morgan fingerprint density at radius 2 is 1.48 bits per heavy atom. The van der Waals surface area contributed by atoms with Crippen molar-refractivity contribution in [1.82, 2.24) is 51.5 Å². The number of unbranched alkanes of at least 4 members (excludes halogenated alkanes) is 2. The van der Waals surface area contributed by atoms with Gasteiger partial charge in [-0.15, -0.1) is 10.2 Å². The molecule has 25 heteroatoms. The largest absolute Gasteiger partial charge is 0.344 e. The van der Waals surface area contributed by atoms with Crippen molar-refractivity contribution in [3.8, 4) is 0 Å². The Bertz CT molecular complexity index is 2090. The number of alkyl halides is 2. The van der Waals surface area contributed by atoms with Gasteiger partial charge in [-0.05, 0) is 37.0 Å². The van der Waals surface area contributed by atoms with E-state index in [1.807, 2.05) is 26.1 Å². The van der Waals surface area contributed by atoms with E-state index in [2.05, 4.69) is 46.7 Å². The van der Waals surface area contributed by atoms with Crippen molar-refractivity contribution in [2.24, 2.45) is 17.8 Å². The summed E-state index contributed by atoms with van der Waals surface area (Å²) in [7, 11) is -4.67. The third-order valence-electron chi connectivity index (χ3n) is 10.7. The lowest BCUT2D eigenvalue weighted by molar-refractivity contribution is -0.141. The topological polar surface area (TPSA) is 306 Å². The van der Waals surface area contributed by atoms with Crippen molar-refractivity contribution in [2.75, 3.05) is 11.9 Å². The first-order chi connectivity index (χ1) is 31.2. The molecule has 3 rings (SSSR count). The molecule has 1 unspecified atom stereocenters. The van der Waals surface area contributed by atoms with E-state index in [-0.39, 0.29) is 41.9 Å². The van der Waals surface area contributed by atoms with Gasteiger partial charge in [0.2, 0.25) is 41.0 Å². The molecule has 0 radical (unpaired) electrons. The van der Waals surface area contributed by atoms with Crippen LogP contribution in [0.15, 0.2) is 22.9 Å². The summed E-state index contributed by atoms with van der Waals surface area (Å²) >= 11 is 0.449. The summed E-state index contributed by atoms with van der Waals surface area (Å²) < 4.78 is 54.2. The fourth-order valence-corrected chi connectivity index (χ4v) is 8.86. The van der Waals surface area contributed by atoms with Crippen LogP contribution in [0.5, 0.6) is 0 Å². The highest BCUT2D eigenvalue weighted by Crippen LogP contribution is 2.28. The van der Waals surface area contributed by atoms with Gasteiger partial charge in [-0.2, -0.15) is 8.42 Å². The minimum Gasteiger partial charge on any atom is -0.344 e. The molecule has 1 fully saturated rings. The normalized spacial score (nSPS) is 15.3. The average Bonchev–Trinajstić information content (AvgIpc) is 3.75. The highest BCUT2D eigenvalue weighted by Gasteiger charge is 2.37. The van der Waals surface area contributed by atoms with Crippen molar-refractivity contribution in [3.05, 3.63) is 24.3 Å². The summed E-state index contributed by atoms with van der Waals surface area (Å²) in [6.07, 6.45) is 6.38. The predicted molar refractivity (Wildman–Crippen MR) is 236 cm³/mol. The lowest BCUT2D eigenvalue weighted by atomic mass is 9.84. The minimum atomic E-state index is -4.67. The number of nitrogens with one attached hydrogen (secondary N) is 7. The summed E-state index contributed by atoms with van der Waals surface area (Å²) in [5.74, 6) is -8.89. The average molecular weight is 970 g/mol. The molecule has 2 aromatic rings. The van der Waals surface area contributed by atoms with Gasteiger partial charge < -0.3 is 31.9 Å². The first-order valence-corrected chi connectivity index (χ1v) is 24.3. The van der Waals surface area contributed by atoms with Crippen LogP contribution in [-0.4, -0.2) is 113 Å². The highest BCUT2D eigenvalue weighted by molar-refractivity contribution is 7.92. The SMILES string of the molecule is CCCCCC(=O)Nc1nnc(S(=O)(=O)NC(=O)CNC(=O)C(=O)[C@H](CC(F)F)NC(=O)[C@H](CC2CCCCC2)NC(=O)C(NC(=O)[C@H](CC(C)C)NC(=O)c2cnccn2)[C@@H](C)CC)s1. The first-order valence-electron chi connectivity index (χ1n) is 22.0. The Hall–Kier alpha value is -5.59. The molecule has 1 saturated carbocycles. The molecule has 1 aliphatic rings. The Morgan fingerprint density at radius 3 is 2.11 bits per heavy atom. The van der Waals surface area contributed by atoms with Crippen LogP contribution in [0, 0.1) is 17.8 Å². The molecule has 2 heterocycles. The molecule has 0 aromatic carbocycles. The number of sulfonamides is 1. The van der Waals surface area contributed by atoms with E-state index in [1.165, 1.54) is 18.6 Å². The second kappa shape index (κ2) is 27.1. The molecule has 0 saturated heterocycles. The van der Waals surface area contributed by atoms with Crippen molar-refractivity contribution < 1.29 is 55.6 Å². The van der Waals surface area contributed by atoms with Crippen molar-refractivity contribution in [3.63, 3.8) is 0 Å². The van der Waals surface area contributed by atoms with E-state index < -0.39 is 111 Å². The summed E-state index contributed by atoms with van der Waals surface area (Å²) in [4.78, 5) is 113. The number of carbonyl (C=O) groups excluding carboxylic acids is 8. The molecule has 5 atom stereocenters. The Morgan fingerprint density at radius 1 is 0.803 bits per heavy atom. The van der Waals surface area contributed by atoms with Gasteiger partial charge in [-0.3, -0.25) is 43.3 Å². The molecule has 66 heavy (non-hydrogen) atoms. The Balaban J connectivity index is 1.73. The number of halogens is 2. The van der Waals surface area contributed by atoms with Gasteiger partial charge in [0.25, 0.3) is 32.1 Å². The van der Waals surface area contributed by atoms with Crippen LogP contribution in [0.1, 0.15) is 129 Å². The number of anilines is 1. The zero-order chi connectivity index (χ0) is 49.0. The summed E-state index contributed by atoms with van der Waals surface area (Å²) in [5, 5.41) is 21.3. The standard InChI is InChI=1S/C41H61F2N11O10S2/c1-6-8-10-15-31(55)50-40-52-53-41(65-40)66(63,64)54-32(56)22-46-39(62)34(57)26(20-30(42)43)47-35(58)28(19-25-13-11-9-12-14-25)49-38(61)33(24(5)7-2)51-36(59)27(18-23(3)4)48-37(60)29-21-44-16-17-45-29/h16-17,21,23-28,30,33H,6-15,18-20,22H2,1-5H3,(H,46,62)(H,47,58)(H,48,60)(H,49,61)(H,51,59)(H,54,56)(H,50,52,55)/t24-,26-,27-,28-,33?/m0/s1. The third-order valence-corrected chi connectivity index (χ3v) is 13.2. The van der Waals surface area contributed by atoms with Crippen LogP contribution in [0.25, 0.3) is 0 Å². The molecule has 0 bridgehead atoms. The van der Waals surface area contributed by atoms with Gasteiger partial charge in [0, 0.05) is 25.2 Å². The van der Waals surface area contributed by atoms with E-state index in [9.17, 15) is 55.6 Å². The molecular weight excluding hydrogens is 909 g/mol. The Kier molecular flexibility index (Phi) is 22.5. The van der Waals surface area contributed by atoms with Crippen LogP contribution < -0.4 is 36.6 Å². The molecule has 7 amide bonds. The lowest BCUT2D eigenvalue weighted by Crippen LogP contribution is -2.60. The van der Waals surface area contributed by atoms with Crippen molar-refractivity contribution >= 4 is 73.6 Å². The number of aromatic nitrogens is 4. The quantitative estimate of drug-likeness (QED) is 0.0384. The Labute approximate surface area is 386 Å². The minimum absolute atomic E-state index is 0.0285. The number of nitrogens with zero attached hydrogens (tertiary/aromatic N) is 4. The number of amides is 7. The zero-order valence-corrected chi connectivity index (χ0v) is 39.3. The number of Topliss-reactive ketones (excluding diaryl/α,β-unsaturated/α-hetero) is 1. The van der Waals surface area contributed by atoms with Gasteiger partial charge in [-0.25, -0.2) is 18.5 Å². The van der Waals surface area contributed by atoms with E-state index >= 15 is 0 Å². The van der Waals surface area contributed by atoms with Gasteiger partial charge >= 0.3 is 0 Å². The zero-order valence-electron chi connectivity index (χ0n) is 37.7. The van der Waals surface area contributed by atoms with Gasteiger partial charge in [0.15, 0.2) is 0 Å². The van der Waals surface area contributed by atoms with Gasteiger partial charge in [0.05, 0.1) is 12.7 Å². The molecule has 7 N–H and O–H groups in total. The first kappa shape index (κ1) is 54.7. The third kappa shape index (κ3) is 18.4. The monoisotopic (exact) mass is 969 g/mol. The molecule has 0 aliphatic heterocycles. The molecule has 1 aliphatic carbocycles. The lowest BCUT2D eigenvalue weighted by Gasteiger charge is -2.31. The summed E-state index contributed by atoms with van der Waals surface area (Å²) in [6, 6.07) is -5.92. The molecule has 0 spiro atoms. The van der Waals surface area contributed by atoms with Crippen LogP contribution in [0.2, 0.25) is 0 Å². The molecular formula is C41H61F2N11O10S2.